The highest BCUT2D eigenvalue weighted by molar-refractivity contribution is 5.79. The molecule has 4 rings (SSSR count). The van der Waals surface area contributed by atoms with Crippen molar-refractivity contribution < 1.29 is 31.8 Å². The minimum Gasteiger partial charge on any atom is -0.487 e. The van der Waals surface area contributed by atoms with Gasteiger partial charge in [0, 0.05) is 30.6 Å². The van der Waals surface area contributed by atoms with Crippen LogP contribution < -0.4 is 14.9 Å². The van der Waals surface area contributed by atoms with E-state index in [9.17, 15) is 18.0 Å². The fourth-order valence-electron chi connectivity index (χ4n) is 3.70. The molecule has 7 nitrogen and oxygen atoms in total. The number of aromatic nitrogens is 1. The first-order valence-corrected chi connectivity index (χ1v) is 11.5. The van der Waals surface area contributed by atoms with Crippen molar-refractivity contribution in [2.24, 2.45) is 0 Å². The standard InChI is InChI=1S/C25H27F3N2O5/c26-25(27,28)19-6-4-18-5-7-24(29-21(18)14-19)34-11-3-1-2-10-33-23-17-35-20(15-22(23)31)16-30-8-12-32-13-9-30/h4-7,14-15,17H,1-3,8-13,16H2. The first kappa shape index (κ1) is 25.0. The number of hydrogen-bond donors (Lipinski definition) is 0. The smallest absolute Gasteiger partial charge is 0.416 e. The quantitative estimate of drug-likeness (QED) is 0.381. The molecule has 1 aliphatic heterocycles. The molecule has 2 aromatic heterocycles. The van der Waals surface area contributed by atoms with Crippen molar-refractivity contribution in [3.05, 3.63) is 64.2 Å². The van der Waals surface area contributed by atoms with Gasteiger partial charge in [-0.1, -0.05) is 6.07 Å². The first-order valence-electron chi connectivity index (χ1n) is 11.5. The Morgan fingerprint density at radius 2 is 1.71 bits per heavy atom. The highest BCUT2D eigenvalue weighted by atomic mass is 19.4. The molecule has 0 bridgehead atoms. The summed E-state index contributed by atoms with van der Waals surface area (Å²) in [6.45, 7) is 4.27. The molecule has 1 aliphatic rings. The Morgan fingerprint density at radius 3 is 2.46 bits per heavy atom. The number of ether oxygens (including phenoxy) is 3. The Labute approximate surface area is 200 Å². The van der Waals surface area contributed by atoms with Gasteiger partial charge in [-0.3, -0.25) is 9.69 Å². The number of rotatable bonds is 10. The number of nitrogens with zero attached hydrogens (tertiary/aromatic N) is 2. The maximum atomic E-state index is 12.9. The minimum absolute atomic E-state index is 0.186. The largest absolute Gasteiger partial charge is 0.487 e. The van der Waals surface area contributed by atoms with Crippen LogP contribution in [0.1, 0.15) is 30.6 Å². The molecule has 1 fully saturated rings. The lowest BCUT2D eigenvalue weighted by atomic mass is 10.1. The van der Waals surface area contributed by atoms with Gasteiger partial charge in [0.25, 0.3) is 0 Å². The molecule has 0 aliphatic carbocycles. The SMILES string of the molecule is O=c1cc(CN2CCOCC2)occ1OCCCCCOc1ccc2ccc(C(F)(F)F)cc2n1. The van der Waals surface area contributed by atoms with E-state index in [1.807, 2.05) is 0 Å². The molecule has 1 saturated heterocycles. The fraction of sp³-hybridized carbons (Fsp3) is 0.440. The molecule has 0 atom stereocenters. The molecular formula is C25H27F3N2O5. The third kappa shape index (κ3) is 7.19. The Hall–Kier alpha value is -3.11. The monoisotopic (exact) mass is 492 g/mol. The summed E-state index contributed by atoms with van der Waals surface area (Å²) in [6, 6.07) is 8.24. The zero-order valence-corrected chi connectivity index (χ0v) is 19.2. The second kappa shape index (κ2) is 11.5. The predicted molar refractivity (Wildman–Crippen MR) is 123 cm³/mol. The van der Waals surface area contributed by atoms with Crippen LogP contribution in [0.25, 0.3) is 10.9 Å². The van der Waals surface area contributed by atoms with Crippen LogP contribution in [0.3, 0.4) is 0 Å². The number of fused-ring (bicyclic) bond motifs is 1. The zero-order chi connectivity index (χ0) is 24.7. The number of hydrogen-bond acceptors (Lipinski definition) is 7. The van der Waals surface area contributed by atoms with Gasteiger partial charge in [-0.15, -0.1) is 0 Å². The average molecular weight is 492 g/mol. The van der Waals surface area contributed by atoms with Gasteiger partial charge in [0.2, 0.25) is 17.1 Å². The second-order valence-corrected chi connectivity index (χ2v) is 8.28. The van der Waals surface area contributed by atoms with Crippen molar-refractivity contribution in [2.45, 2.75) is 32.0 Å². The number of morpholine rings is 1. The van der Waals surface area contributed by atoms with E-state index >= 15 is 0 Å². The number of alkyl halides is 3. The Kier molecular flexibility index (Phi) is 8.25. The Bertz CT molecular complexity index is 1180. The van der Waals surface area contributed by atoms with Crippen LogP contribution in [0, 0.1) is 0 Å². The molecular weight excluding hydrogens is 465 g/mol. The lowest BCUT2D eigenvalue weighted by molar-refractivity contribution is -0.137. The first-order chi connectivity index (χ1) is 16.9. The normalized spacial score (nSPS) is 14.8. The number of benzene rings is 1. The summed E-state index contributed by atoms with van der Waals surface area (Å²) >= 11 is 0. The van der Waals surface area contributed by atoms with E-state index < -0.39 is 11.7 Å². The lowest BCUT2D eigenvalue weighted by Crippen LogP contribution is -2.35. The summed E-state index contributed by atoms with van der Waals surface area (Å²) in [5, 5.41) is 0.612. The topological polar surface area (TPSA) is 74.0 Å². The van der Waals surface area contributed by atoms with Gasteiger partial charge >= 0.3 is 6.18 Å². The fourth-order valence-corrected chi connectivity index (χ4v) is 3.70. The summed E-state index contributed by atoms with van der Waals surface area (Å²) < 4.78 is 60.7. The van der Waals surface area contributed by atoms with Crippen molar-refractivity contribution in [3.8, 4) is 11.6 Å². The Morgan fingerprint density at radius 1 is 0.971 bits per heavy atom. The van der Waals surface area contributed by atoms with Crippen molar-refractivity contribution >= 4 is 10.9 Å². The van der Waals surface area contributed by atoms with Gasteiger partial charge in [-0.25, -0.2) is 4.98 Å². The van der Waals surface area contributed by atoms with Crippen molar-refractivity contribution in [3.63, 3.8) is 0 Å². The van der Waals surface area contributed by atoms with E-state index in [4.69, 9.17) is 18.6 Å². The number of pyridine rings is 1. The van der Waals surface area contributed by atoms with E-state index in [0.29, 0.717) is 57.0 Å². The molecule has 3 heterocycles. The van der Waals surface area contributed by atoms with E-state index in [0.717, 1.165) is 31.6 Å². The summed E-state index contributed by atoms with van der Waals surface area (Å²) in [6.07, 6.45) is -0.860. The molecule has 1 aromatic carbocycles. The molecule has 0 unspecified atom stereocenters. The predicted octanol–water partition coefficient (Wildman–Crippen LogP) is 4.67. The minimum atomic E-state index is -4.42. The van der Waals surface area contributed by atoms with Crippen LogP contribution in [-0.4, -0.2) is 49.4 Å². The van der Waals surface area contributed by atoms with Crippen molar-refractivity contribution in [1.29, 1.82) is 0 Å². The molecule has 0 radical (unpaired) electrons. The Balaban J connectivity index is 1.16. The molecule has 10 heteroatoms. The van der Waals surface area contributed by atoms with Gasteiger partial charge in [-0.05, 0) is 37.5 Å². The maximum absolute atomic E-state index is 12.9. The van der Waals surface area contributed by atoms with Crippen LogP contribution in [0.2, 0.25) is 0 Å². The van der Waals surface area contributed by atoms with Gasteiger partial charge in [0.15, 0.2) is 0 Å². The molecule has 0 saturated carbocycles. The number of halogens is 3. The summed E-state index contributed by atoms with van der Waals surface area (Å²) in [5.74, 6) is 1.06. The second-order valence-electron chi connectivity index (χ2n) is 8.28. The number of unbranched alkanes of at least 4 members (excludes halogenated alkanes) is 2. The van der Waals surface area contributed by atoms with E-state index in [2.05, 4.69) is 9.88 Å². The van der Waals surface area contributed by atoms with Crippen LogP contribution >= 0.6 is 0 Å². The molecule has 188 valence electrons. The van der Waals surface area contributed by atoms with Gasteiger partial charge in [0.05, 0.1) is 44.1 Å². The van der Waals surface area contributed by atoms with Gasteiger partial charge in [-0.2, -0.15) is 13.2 Å². The third-order valence-corrected chi connectivity index (χ3v) is 5.63. The van der Waals surface area contributed by atoms with Gasteiger partial charge < -0.3 is 18.6 Å². The van der Waals surface area contributed by atoms with E-state index in [1.54, 1.807) is 12.1 Å². The molecule has 0 spiro atoms. The van der Waals surface area contributed by atoms with Crippen LogP contribution in [0.15, 0.2) is 51.9 Å². The summed E-state index contributed by atoms with van der Waals surface area (Å²) in [5.41, 5.74) is -0.713. The van der Waals surface area contributed by atoms with Crippen LogP contribution in [0.5, 0.6) is 11.6 Å². The molecule has 35 heavy (non-hydrogen) atoms. The van der Waals surface area contributed by atoms with Gasteiger partial charge in [0.1, 0.15) is 12.0 Å². The lowest BCUT2D eigenvalue weighted by Gasteiger charge is -2.25. The average Bonchev–Trinajstić information content (AvgIpc) is 2.84. The molecule has 3 aromatic rings. The van der Waals surface area contributed by atoms with E-state index in [-0.39, 0.29) is 22.6 Å². The van der Waals surface area contributed by atoms with Crippen LogP contribution in [-0.2, 0) is 17.5 Å². The van der Waals surface area contributed by atoms with Crippen molar-refractivity contribution in [2.75, 3.05) is 39.5 Å². The van der Waals surface area contributed by atoms with E-state index in [1.165, 1.54) is 18.4 Å². The molecule has 0 N–H and O–H groups in total. The zero-order valence-electron chi connectivity index (χ0n) is 19.2. The highest BCUT2D eigenvalue weighted by Gasteiger charge is 2.30. The summed E-state index contributed by atoms with van der Waals surface area (Å²) in [4.78, 5) is 18.6. The molecule has 0 amide bonds. The van der Waals surface area contributed by atoms with Crippen molar-refractivity contribution in [1.82, 2.24) is 9.88 Å². The summed E-state index contributed by atoms with van der Waals surface area (Å²) in [7, 11) is 0. The third-order valence-electron chi connectivity index (χ3n) is 5.63. The van der Waals surface area contributed by atoms with Crippen LogP contribution in [0.4, 0.5) is 13.2 Å². The highest BCUT2D eigenvalue weighted by Crippen LogP contribution is 2.31. The maximum Gasteiger partial charge on any atom is 0.416 e.